The molecule has 1 heterocycles. The van der Waals surface area contributed by atoms with Crippen LogP contribution in [0.1, 0.15) is 0 Å². The number of hydrogen-bond donors (Lipinski definition) is 1. The molecule has 0 atom stereocenters. The average molecular weight is 302 g/mol. The van der Waals surface area contributed by atoms with E-state index in [4.69, 9.17) is 23.2 Å². The van der Waals surface area contributed by atoms with Crippen molar-refractivity contribution < 1.29 is 9.59 Å². The fourth-order valence-electron chi connectivity index (χ4n) is 1.82. The van der Waals surface area contributed by atoms with Crippen LogP contribution in [0.4, 0.5) is 10.5 Å². The van der Waals surface area contributed by atoms with Gasteiger partial charge in [-0.3, -0.25) is 4.79 Å². The number of amides is 3. The Bertz CT molecular complexity index is 488. The predicted octanol–water partition coefficient (Wildman–Crippen LogP) is 2.30. The third-order valence-corrected chi connectivity index (χ3v) is 3.49. The van der Waals surface area contributed by atoms with Gasteiger partial charge in [0.15, 0.2) is 0 Å². The Balaban J connectivity index is 1.98. The van der Waals surface area contributed by atoms with E-state index >= 15 is 0 Å². The van der Waals surface area contributed by atoms with E-state index in [1.807, 2.05) is 0 Å². The van der Waals surface area contributed by atoms with Crippen molar-refractivity contribution in [1.82, 2.24) is 9.80 Å². The van der Waals surface area contributed by atoms with Crippen LogP contribution in [0.25, 0.3) is 0 Å². The number of carbonyl (C=O) groups is 2. The van der Waals surface area contributed by atoms with Gasteiger partial charge in [0, 0.05) is 31.2 Å². The van der Waals surface area contributed by atoms with Gasteiger partial charge in [-0.15, -0.1) is 0 Å². The molecule has 0 spiro atoms. The molecule has 0 unspecified atom stereocenters. The molecule has 0 aromatic heterocycles. The van der Waals surface area contributed by atoms with Crippen LogP contribution >= 0.6 is 23.2 Å². The minimum Gasteiger partial charge on any atom is -0.342 e. The number of benzene rings is 1. The lowest BCUT2D eigenvalue weighted by molar-refractivity contribution is -0.119. The van der Waals surface area contributed by atoms with Crippen molar-refractivity contribution in [3.63, 3.8) is 0 Å². The summed E-state index contributed by atoms with van der Waals surface area (Å²) in [4.78, 5) is 25.9. The Morgan fingerprint density at radius 1 is 1.21 bits per heavy atom. The molecule has 0 saturated carbocycles. The van der Waals surface area contributed by atoms with E-state index in [1.165, 1.54) is 0 Å². The summed E-state index contributed by atoms with van der Waals surface area (Å²) < 4.78 is 0. The molecule has 7 heteroatoms. The molecular formula is C12H13Cl2N3O2. The maximum atomic E-state index is 12.0. The van der Waals surface area contributed by atoms with Gasteiger partial charge in [0.1, 0.15) is 0 Å². The average Bonchev–Trinajstić information content (AvgIpc) is 2.43. The van der Waals surface area contributed by atoms with Crippen molar-refractivity contribution in [2.75, 3.05) is 31.5 Å². The molecule has 2 rings (SSSR count). The first-order valence-corrected chi connectivity index (χ1v) is 6.56. The van der Waals surface area contributed by atoms with Crippen LogP contribution in [-0.4, -0.2) is 48.4 Å². The molecule has 1 aromatic carbocycles. The summed E-state index contributed by atoms with van der Waals surface area (Å²) in [5.41, 5.74) is 0.483. The highest BCUT2D eigenvalue weighted by Gasteiger charge is 2.20. The molecule has 1 aliphatic rings. The Kier molecular flexibility index (Phi) is 4.50. The van der Waals surface area contributed by atoms with E-state index in [-0.39, 0.29) is 6.03 Å². The number of hydrogen-bond acceptors (Lipinski definition) is 2. The second-order valence-electron chi connectivity index (χ2n) is 4.18. The van der Waals surface area contributed by atoms with Gasteiger partial charge in [-0.05, 0) is 18.2 Å². The lowest BCUT2D eigenvalue weighted by atomic mass is 10.3. The van der Waals surface area contributed by atoms with Crippen LogP contribution in [0.2, 0.25) is 10.0 Å². The zero-order valence-corrected chi connectivity index (χ0v) is 11.6. The Hall–Kier alpha value is -1.46. The van der Waals surface area contributed by atoms with E-state index in [1.54, 1.807) is 28.0 Å². The normalized spacial score (nSPS) is 15.3. The molecular weight excluding hydrogens is 289 g/mol. The van der Waals surface area contributed by atoms with Gasteiger partial charge < -0.3 is 15.1 Å². The SMILES string of the molecule is O=CN1CCN(C(=O)Nc2cc(Cl)ccc2Cl)CC1. The first-order chi connectivity index (χ1) is 9.10. The van der Waals surface area contributed by atoms with Crippen molar-refractivity contribution in [2.24, 2.45) is 0 Å². The highest BCUT2D eigenvalue weighted by Crippen LogP contribution is 2.25. The summed E-state index contributed by atoms with van der Waals surface area (Å²) >= 11 is 11.8. The van der Waals surface area contributed by atoms with Crippen LogP contribution in [0, 0.1) is 0 Å². The van der Waals surface area contributed by atoms with Gasteiger partial charge in [0.05, 0.1) is 10.7 Å². The highest BCUT2D eigenvalue weighted by atomic mass is 35.5. The monoisotopic (exact) mass is 301 g/mol. The number of nitrogens with zero attached hydrogens (tertiary/aromatic N) is 2. The molecule has 1 fully saturated rings. The van der Waals surface area contributed by atoms with Crippen molar-refractivity contribution in [1.29, 1.82) is 0 Å². The molecule has 5 nitrogen and oxygen atoms in total. The zero-order valence-electron chi connectivity index (χ0n) is 10.1. The number of carbonyl (C=O) groups excluding carboxylic acids is 2. The maximum absolute atomic E-state index is 12.0. The Labute approximate surface area is 121 Å². The lowest BCUT2D eigenvalue weighted by Gasteiger charge is -2.32. The third-order valence-electron chi connectivity index (χ3n) is 2.92. The molecule has 0 bridgehead atoms. The number of nitrogens with one attached hydrogen (secondary N) is 1. The zero-order chi connectivity index (χ0) is 13.8. The largest absolute Gasteiger partial charge is 0.342 e. The van der Waals surface area contributed by atoms with Crippen LogP contribution in [0.15, 0.2) is 18.2 Å². The molecule has 0 aliphatic carbocycles. The summed E-state index contributed by atoms with van der Waals surface area (Å²) in [6.45, 7) is 2.09. The van der Waals surface area contributed by atoms with Gasteiger partial charge in [0.2, 0.25) is 6.41 Å². The second kappa shape index (κ2) is 6.12. The van der Waals surface area contributed by atoms with E-state index in [0.29, 0.717) is 41.9 Å². The summed E-state index contributed by atoms with van der Waals surface area (Å²) in [7, 11) is 0. The van der Waals surface area contributed by atoms with Crippen LogP contribution in [0.5, 0.6) is 0 Å². The third kappa shape index (κ3) is 3.52. The van der Waals surface area contributed by atoms with Crippen LogP contribution < -0.4 is 5.32 Å². The smallest absolute Gasteiger partial charge is 0.322 e. The van der Waals surface area contributed by atoms with Crippen molar-refractivity contribution in [3.05, 3.63) is 28.2 Å². The van der Waals surface area contributed by atoms with E-state index in [0.717, 1.165) is 6.41 Å². The summed E-state index contributed by atoms with van der Waals surface area (Å²) in [5.74, 6) is 0. The van der Waals surface area contributed by atoms with E-state index in [9.17, 15) is 9.59 Å². The molecule has 19 heavy (non-hydrogen) atoms. The topological polar surface area (TPSA) is 52.7 Å². The number of rotatable bonds is 2. The highest BCUT2D eigenvalue weighted by molar-refractivity contribution is 6.35. The van der Waals surface area contributed by atoms with Crippen LogP contribution in [0.3, 0.4) is 0 Å². The summed E-state index contributed by atoms with van der Waals surface area (Å²) in [6.07, 6.45) is 0.795. The van der Waals surface area contributed by atoms with E-state index in [2.05, 4.69) is 5.32 Å². The molecule has 1 saturated heterocycles. The lowest BCUT2D eigenvalue weighted by Crippen LogP contribution is -2.49. The predicted molar refractivity (Wildman–Crippen MR) is 74.7 cm³/mol. The van der Waals surface area contributed by atoms with Crippen LogP contribution in [-0.2, 0) is 4.79 Å². The van der Waals surface area contributed by atoms with Gasteiger partial charge >= 0.3 is 6.03 Å². The minimum absolute atomic E-state index is 0.241. The minimum atomic E-state index is -0.241. The molecule has 1 aromatic rings. The van der Waals surface area contributed by atoms with Crippen molar-refractivity contribution >= 4 is 41.3 Å². The maximum Gasteiger partial charge on any atom is 0.322 e. The quantitative estimate of drug-likeness (QED) is 0.852. The fraction of sp³-hybridized carbons (Fsp3) is 0.333. The number of urea groups is 1. The summed E-state index contributed by atoms with van der Waals surface area (Å²) in [6, 6.07) is 4.64. The van der Waals surface area contributed by atoms with Gasteiger partial charge in [-0.25, -0.2) is 4.79 Å². The van der Waals surface area contributed by atoms with Gasteiger partial charge in [0.25, 0.3) is 0 Å². The standard InChI is InChI=1S/C12H13Cl2N3O2/c13-9-1-2-10(14)11(7-9)15-12(19)17-5-3-16(8-18)4-6-17/h1-2,7-8H,3-6H2,(H,15,19). The molecule has 0 radical (unpaired) electrons. The van der Waals surface area contributed by atoms with Crippen molar-refractivity contribution in [3.8, 4) is 0 Å². The first kappa shape index (κ1) is 14.0. The number of anilines is 1. The van der Waals surface area contributed by atoms with E-state index < -0.39 is 0 Å². The first-order valence-electron chi connectivity index (χ1n) is 5.80. The number of halogens is 2. The van der Waals surface area contributed by atoms with Gasteiger partial charge in [-0.2, -0.15) is 0 Å². The molecule has 1 aliphatic heterocycles. The molecule has 3 amide bonds. The summed E-state index contributed by atoms with van der Waals surface area (Å²) in [5, 5.41) is 3.66. The Morgan fingerprint density at radius 3 is 2.53 bits per heavy atom. The Morgan fingerprint density at radius 2 is 1.89 bits per heavy atom. The van der Waals surface area contributed by atoms with Crippen molar-refractivity contribution in [2.45, 2.75) is 0 Å². The number of piperazine rings is 1. The second-order valence-corrected chi connectivity index (χ2v) is 5.03. The molecule has 102 valence electrons. The fourth-order valence-corrected chi connectivity index (χ4v) is 2.15. The molecule has 1 N–H and O–H groups in total. The van der Waals surface area contributed by atoms with Gasteiger partial charge in [-0.1, -0.05) is 23.2 Å².